The van der Waals surface area contributed by atoms with Crippen molar-refractivity contribution >= 4 is 17.7 Å². The maximum atomic E-state index is 12.5. The van der Waals surface area contributed by atoms with Gasteiger partial charge in [-0.3, -0.25) is 4.79 Å². The summed E-state index contributed by atoms with van der Waals surface area (Å²) in [5.41, 5.74) is 1.10. The fourth-order valence-corrected chi connectivity index (χ4v) is 3.85. The average molecular weight is 351 g/mol. The molecule has 2 atom stereocenters. The van der Waals surface area contributed by atoms with E-state index in [0.717, 1.165) is 29.3 Å². The van der Waals surface area contributed by atoms with Gasteiger partial charge in [-0.05, 0) is 61.7 Å². The fraction of sp³-hybridized carbons (Fsp3) is 0.632. The smallest absolute Gasteiger partial charge is 0.222 e. The van der Waals surface area contributed by atoms with E-state index >= 15 is 0 Å². The van der Waals surface area contributed by atoms with Gasteiger partial charge in [-0.2, -0.15) is 0 Å². The second-order valence-corrected chi connectivity index (χ2v) is 7.58. The van der Waals surface area contributed by atoms with Crippen LogP contribution in [0.3, 0.4) is 0 Å². The van der Waals surface area contributed by atoms with Gasteiger partial charge >= 0.3 is 0 Å². The highest BCUT2D eigenvalue weighted by molar-refractivity contribution is 7.98. The average Bonchev–Trinajstić information content (AvgIpc) is 2.62. The molecule has 1 aliphatic rings. The van der Waals surface area contributed by atoms with E-state index in [1.54, 1.807) is 18.9 Å². The summed E-state index contributed by atoms with van der Waals surface area (Å²) in [6, 6.07) is 6.17. The van der Waals surface area contributed by atoms with E-state index in [0.29, 0.717) is 24.8 Å². The standard InChI is InChI=1S/C19H30N2O2S/c1-14(16-6-5-9-20-12-16)10-19(22)21(2)13-15-7-8-18(24-4)17(11-15)23-3/h7-8,11,14,16,20H,5-6,9-10,12-13H2,1-4H3. The maximum Gasteiger partial charge on any atom is 0.222 e. The van der Waals surface area contributed by atoms with E-state index in [1.807, 2.05) is 24.3 Å². The molecule has 2 rings (SSSR count). The predicted molar refractivity (Wildman–Crippen MR) is 101 cm³/mol. The molecule has 0 spiro atoms. The summed E-state index contributed by atoms with van der Waals surface area (Å²) < 4.78 is 5.43. The summed E-state index contributed by atoms with van der Waals surface area (Å²) in [6.45, 7) is 5.00. The van der Waals surface area contributed by atoms with Gasteiger partial charge in [0.25, 0.3) is 0 Å². The summed E-state index contributed by atoms with van der Waals surface area (Å²) in [4.78, 5) is 15.5. The van der Waals surface area contributed by atoms with Crippen molar-refractivity contribution in [3.8, 4) is 5.75 Å². The van der Waals surface area contributed by atoms with E-state index in [2.05, 4.69) is 24.4 Å². The van der Waals surface area contributed by atoms with E-state index in [9.17, 15) is 4.79 Å². The lowest BCUT2D eigenvalue weighted by molar-refractivity contribution is -0.131. The van der Waals surface area contributed by atoms with Gasteiger partial charge in [0.15, 0.2) is 0 Å². The Morgan fingerprint density at radius 2 is 2.29 bits per heavy atom. The zero-order valence-corrected chi connectivity index (χ0v) is 16.1. The van der Waals surface area contributed by atoms with E-state index in [-0.39, 0.29) is 5.91 Å². The molecule has 134 valence electrons. The number of rotatable bonds is 7. The molecule has 1 saturated heterocycles. The number of nitrogens with zero attached hydrogens (tertiary/aromatic N) is 1. The molecule has 1 N–H and O–H groups in total. The van der Waals surface area contributed by atoms with Gasteiger partial charge in [-0.25, -0.2) is 0 Å². The highest BCUT2D eigenvalue weighted by atomic mass is 32.2. The van der Waals surface area contributed by atoms with Crippen molar-refractivity contribution < 1.29 is 9.53 Å². The molecule has 1 amide bonds. The van der Waals surface area contributed by atoms with Crippen LogP contribution in [-0.2, 0) is 11.3 Å². The molecular formula is C19H30N2O2S. The number of thioether (sulfide) groups is 1. The van der Waals surface area contributed by atoms with E-state index < -0.39 is 0 Å². The molecule has 0 aliphatic carbocycles. The van der Waals surface area contributed by atoms with E-state index in [4.69, 9.17) is 4.74 Å². The molecule has 24 heavy (non-hydrogen) atoms. The Morgan fingerprint density at radius 1 is 1.50 bits per heavy atom. The van der Waals surface area contributed by atoms with Crippen LogP contribution in [0.2, 0.25) is 0 Å². The number of nitrogens with one attached hydrogen (secondary N) is 1. The predicted octanol–water partition coefficient (Wildman–Crippen LogP) is 3.40. The van der Waals surface area contributed by atoms with Crippen LogP contribution in [0, 0.1) is 11.8 Å². The Kier molecular flexibility index (Phi) is 7.43. The first-order valence-corrected chi connectivity index (χ1v) is 9.93. The summed E-state index contributed by atoms with van der Waals surface area (Å²) in [5, 5.41) is 3.44. The van der Waals surface area contributed by atoms with Gasteiger partial charge in [-0.15, -0.1) is 11.8 Å². The fourth-order valence-electron chi connectivity index (χ4n) is 3.30. The number of hydrogen-bond donors (Lipinski definition) is 1. The molecule has 0 bridgehead atoms. The van der Waals surface area contributed by atoms with Crippen LogP contribution in [-0.4, -0.2) is 44.3 Å². The second-order valence-electron chi connectivity index (χ2n) is 6.73. The van der Waals surface area contributed by atoms with Crippen LogP contribution < -0.4 is 10.1 Å². The zero-order chi connectivity index (χ0) is 17.5. The molecule has 1 heterocycles. The third-order valence-electron chi connectivity index (χ3n) is 4.93. The first kappa shape index (κ1) is 19.1. The molecule has 0 saturated carbocycles. The molecule has 1 fully saturated rings. The van der Waals surface area contributed by atoms with Crippen LogP contribution in [0.5, 0.6) is 5.75 Å². The minimum absolute atomic E-state index is 0.223. The molecule has 4 nitrogen and oxygen atoms in total. The largest absolute Gasteiger partial charge is 0.496 e. The van der Waals surface area contributed by atoms with Crippen LogP contribution >= 0.6 is 11.8 Å². The lowest BCUT2D eigenvalue weighted by Crippen LogP contribution is -2.36. The van der Waals surface area contributed by atoms with Crippen molar-refractivity contribution in [3.05, 3.63) is 23.8 Å². The molecule has 2 unspecified atom stereocenters. The van der Waals surface area contributed by atoms with E-state index in [1.165, 1.54) is 12.8 Å². The normalized spacial score (nSPS) is 18.9. The van der Waals surface area contributed by atoms with Gasteiger partial charge in [0.2, 0.25) is 5.91 Å². The lowest BCUT2D eigenvalue weighted by atomic mass is 9.85. The third-order valence-corrected chi connectivity index (χ3v) is 5.71. The van der Waals surface area contributed by atoms with Gasteiger partial charge in [0.05, 0.1) is 7.11 Å². The molecule has 0 aromatic heterocycles. The highest BCUT2D eigenvalue weighted by Gasteiger charge is 2.23. The minimum atomic E-state index is 0.223. The van der Waals surface area contributed by atoms with Crippen LogP contribution in [0.4, 0.5) is 0 Å². The van der Waals surface area contributed by atoms with Crippen LogP contribution in [0.15, 0.2) is 23.1 Å². The van der Waals surface area contributed by atoms with Gasteiger partial charge < -0.3 is 15.0 Å². The summed E-state index contributed by atoms with van der Waals surface area (Å²) in [5.74, 6) is 2.15. The number of hydrogen-bond acceptors (Lipinski definition) is 4. The Bertz CT molecular complexity index is 544. The quantitative estimate of drug-likeness (QED) is 0.765. The van der Waals surface area contributed by atoms with Crippen molar-refractivity contribution in [1.29, 1.82) is 0 Å². The number of methoxy groups -OCH3 is 1. The van der Waals surface area contributed by atoms with Gasteiger partial charge in [0, 0.05) is 24.9 Å². The first-order chi connectivity index (χ1) is 11.5. The van der Waals surface area contributed by atoms with Crippen molar-refractivity contribution in [3.63, 3.8) is 0 Å². The summed E-state index contributed by atoms with van der Waals surface area (Å²) >= 11 is 1.67. The highest BCUT2D eigenvalue weighted by Crippen LogP contribution is 2.29. The van der Waals surface area contributed by atoms with Crippen LogP contribution in [0.25, 0.3) is 0 Å². The SMILES string of the molecule is COc1cc(CN(C)C(=O)CC(C)C2CCCNC2)ccc1SC. The summed E-state index contributed by atoms with van der Waals surface area (Å²) in [6.07, 6.45) is 5.12. The molecular weight excluding hydrogens is 320 g/mol. The molecule has 1 aromatic carbocycles. The number of amides is 1. The van der Waals surface area contributed by atoms with Crippen molar-refractivity contribution in [2.75, 3.05) is 33.5 Å². The molecule has 0 radical (unpaired) electrons. The van der Waals surface area contributed by atoms with Crippen molar-refractivity contribution in [2.45, 2.75) is 37.6 Å². The molecule has 1 aromatic rings. The number of carbonyl (C=O) groups is 1. The molecule has 1 aliphatic heterocycles. The van der Waals surface area contributed by atoms with Gasteiger partial charge in [0.1, 0.15) is 5.75 Å². The Hall–Kier alpha value is -1.20. The van der Waals surface area contributed by atoms with Crippen molar-refractivity contribution in [1.82, 2.24) is 10.2 Å². The monoisotopic (exact) mass is 350 g/mol. The number of piperidine rings is 1. The van der Waals surface area contributed by atoms with Crippen LogP contribution in [0.1, 0.15) is 31.7 Å². The number of ether oxygens (including phenoxy) is 1. The zero-order valence-electron chi connectivity index (χ0n) is 15.3. The Balaban J connectivity index is 1.91. The minimum Gasteiger partial charge on any atom is -0.496 e. The first-order valence-electron chi connectivity index (χ1n) is 8.70. The Morgan fingerprint density at radius 3 is 2.92 bits per heavy atom. The Labute approximate surface area is 150 Å². The van der Waals surface area contributed by atoms with Gasteiger partial charge in [-0.1, -0.05) is 13.0 Å². The lowest BCUT2D eigenvalue weighted by Gasteiger charge is -2.29. The molecule has 5 heteroatoms. The number of benzene rings is 1. The van der Waals surface area contributed by atoms with Crippen molar-refractivity contribution in [2.24, 2.45) is 11.8 Å². The topological polar surface area (TPSA) is 41.6 Å². The third kappa shape index (κ3) is 5.15. The maximum absolute atomic E-state index is 12.5. The number of carbonyl (C=O) groups excluding carboxylic acids is 1. The summed E-state index contributed by atoms with van der Waals surface area (Å²) in [7, 11) is 3.58. The second kappa shape index (κ2) is 9.33.